The molecule has 0 aromatic rings. The Hall–Kier alpha value is -0.750. The monoisotopic (exact) mass is 221 g/mol. The van der Waals surface area contributed by atoms with Crippen LogP contribution in [0.4, 0.5) is 8.78 Å². The fourth-order valence-electron chi connectivity index (χ4n) is 1.49. The van der Waals surface area contributed by atoms with Gasteiger partial charge in [0, 0.05) is 0 Å². The third-order valence-electron chi connectivity index (χ3n) is 2.45. The SMILES string of the molecule is NCC(F)(F)CNC(=O)[C@@H]1CCCCN1. The van der Waals surface area contributed by atoms with Crippen molar-refractivity contribution in [3.05, 3.63) is 0 Å². The van der Waals surface area contributed by atoms with Crippen LogP contribution in [-0.4, -0.2) is 37.5 Å². The molecule has 1 amide bonds. The number of carbonyl (C=O) groups excluding carboxylic acids is 1. The summed E-state index contributed by atoms with van der Waals surface area (Å²) < 4.78 is 25.4. The highest BCUT2D eigenvalue weighted by Crippen LogP contribution is 2.10. The minimum Gasteiger partial charge on any atom is -0.349 e. The lowest BCUT2D eigenvalue weighted by molar-refractivity contribution is -0.125. The van der Waals surface area contributed by atoms with E-state index in [1.807, 2.05) is 0 Å². The molecule has 0 bridgehead atoms. The van der Waals surface area contributed by atoms with Gasteiger partial charge in [0.2, 0.25) is 5.91 Å². The zero-order valence-electron chi connectivity index (χ0n) is 8.56. The molecular weight excluding hydrogens is 204 g/mol. The second-order valence-electron chi connectivity index (χ2n) is 3.78. The lowest BCUT2D eigenvalue weighted by Crippen LogP contribution is -2.50. The average Bonchev–Trinajstić information content (AvgIpc) is 2.27. The third kappa shape index (κ3) is 4.09. The average molecular weight is 221 g/mol. The predicted molar refractivity (Wildman–Crippen MR) is 52.7 cm³/mol. The molecule has 0 saturated carbocycles. The predicted octanol–water partition coefficient (Wildman–Crippen LogP) is -0.161. The molecule has 1 saturated heterocycles. The van der Waals surface area contributed by atoms with Crippen molar-refractivity contribution < 1.29 is 13.6 Å². The molecule has 1 rings (SSSR count). The van der Waals surface area contributed by atoms with Crippen molar-refractivity contribution >= 4 is 5.91 Å². The number of alkyl halides is 2. The number of nitrogens with one attached hydrogen (secondary N) is 2. The second-order valence-corrected chi connectivity index (χ2v) is 3.78. The quantitative estimate of drug-likeness (QED) is 0.618. The summed E-state index contributed by atoms with van der Waals surface area (Å²) in [7, 11) is 0. The highest BCUT2D eigenvalue weighted by Gasteiger charge is 2.29. The van der Waals surface area contributed by atoms with E-state index in [-0.39, 0.29) is 11.9 Å². The van der Waals surface area contributed by atoms with Gasteiger partial charge in [0.05, 0.1) is 19.1 Å². The lowest BCUT2D eigenvalue weighted by Gasteiger charge is -2.23. The van der Waals surface area contributed by atoms with Crippen molar-refractivity contribution in [2.45, 2.75) is 31.2 Å². The van der Waals surface area contributed by atoms with E-state index in [0.717, 1.165) is 19.4 Å². The minimum atomic E-state index is -3.01. The second kappa shape index (κ2) is 5.37. The Morgan fingerprint density at radius 1 is 1.53 bits per heavy atom. The first kappa shape index (κ1) is 12.3. The summed E-state index contributed by atoms with van der Waals surface area (Å²) in [5.74, 6) is -3.37. The Bertz CT molecular complexity index is 217. The molecule has 0 aromatic carbocycles. The van der Waals surface area contributed by atoms with E-state index in [1.165, 1.54) is 0 Å². The molecular formula is C9H17F2N3O. The van der Waals surface area contributed by atoms with E-state index in [2.05, 4.69) is 10.6 Å². The maximum absolute atomic E-state index is 12.7. The Balaban J connectivity index is 2.28. The molecule has 4 nitrogen and oxygen atoms in total. The number of hydrogen-bond donors (Lipinski definition) is 3. The number of rotatable bonds is 4. The summed E-state index contributed by atoms with van der Waals surface area (Å²) in [6.45, 7) is -0.655. The molecule has 6 heteroatoms. The number of halogens is 2. The minimum absolute atomic E-state index is 0.327. The zero-order valence-corrected chi connectivity index (χ0v) is 8.56. The lowest BCUT2D eigenvalue weighted by atomic mass is 10.0. The van der Waals surface area contributed by atoms with Gasteiger partial charge in [-0.1, -0.05) is 6.42 Å². The fourth-order valence-corrected chi connectivity index (χ4v) is 1.49. The normalized spacial score (nSPS) is 22.5. The summed E-state index contributed by atoms with van der Waals surface area (Å²) in [4.78, 5) is 11.4. The summed E-state index contributed by atoms with van der Waals surface area (Å²) in [6.07, 6.45) is 2.70. The summed E-state index contributed by atoms with van der Waals surface area (Å²) in [5.41, 5.74) is 4.85. The Kier molecular flexibility index (Phi) is 4.41. The summed E-state index contributed by atoms with van der Waals surface area (Å²) in [6, 6.07) is -0.327. The van der Waals surface area contributed by atoms with Crippen LogP contribution in [0, 0.1) is 0 Å². The number of piperidine rings is 1. The molecule has 4 N–H and O–H groups in total. The number of nitrogens with two attached hydrogens (primary N) is 1. The maximum Gasteiger partial charge on any atom is 0.277 e. The van der Waals surface area contributed by atoms with Crippen LogP contribution < -0.4 is 16.4 Å². The molecule has 1 aliphatic heterocycles. The van der Waals surface area contributed by atoms with Crippen LogP contribution in [0.3, 0.4) is 0 Å². The van der Waals surface area contributed by atoms with Crippen molar-refractivity contribution in [2.24, 2.45) is 5.73 Å². The molecule has 1 aliphatic rings. The molecule has 1 heterocycles. The topological polar surface area (TPSA) is 67.1 Å². The Morgan fingerprint density at radius 2 is 2.27 bits per heavy atom. The van der Waals surface area contributed by atoms with Gasteiger partial charge in [0.15, 0.2) is 0 Å². The smallest absolute Gasteiger partial charge is 0.277 e. The van der Waals surface area contributed by atoms with Crippen LogP contribution >= 0.6 is 0 Å². The molecule has 1 atom stereocenters. The van der Waals surface area contributed by atoms with Crippen LogP contribution in [0.5, 0.6) is 0 Å². The van der Waals surface area contributed by atoms with Crippen molar-refractivity contribution in [3.8, 4) is 0 Å². The van der Waals surface area contributed by atoms with Crippen LogP contribution in [0.2, 0.25) is 0 Å². The standard InChI is InChI=1S/C9H17F2N3O/c10-9(11,5-12)6-14-8(15)7-3-1-2-4-13-7/h7,13H,1-6,12H2,(H,14,15)/t7-/m0/s1. The van der Waals surface area contributed by atoms with E-state index in [9.17, 15) is 13.6 Å². The Morgan fingerprint density at radius 3 is 2.80 bits per heavy atom. The molecule has 15 heavy (non-hydrogen) atoms. The van der Waals surface area contributed by atoms with Gasteiger partial charge in [-0.25, -0.2) is 8.78 Å². The Labute approximate surface area is 87.6 Å². The highest BCUT2D eigenvalue weighted by molar-refractivity contribution is 5.81. The van der Waals surface area contributed by atoms with Crippen molar-refractivity contribution in [1.29, 1.82) is 0 Å². The van der Waals surface area contributed by atoms with Gasteiger partial charge in [-0.05, 0) is 19.4 Å². The molecule has 1 fully saturated rings. The van der Waals surface area contributed by atoms with Gasteiger partial charge in [-0.2, -0.15) is 0 Å². The van der Waals surface area contributed by atoms with Gasteiger partial charge >= 0.3 is 0 Å². The van der Waals surface area contributed by atoms with Gasteiger partial charge < -0.3 is 16.4 Å². The number of carbonyl (C=O) groups is 1. The van der Waals surface area contributed by atoms with Crippen molar-refractivity contribution in [3.63, 3.8) is 0 Å². The number of hydrogen-bond acceptors (Lipinski definition) is 3. The van der Waals surface area contributed by atoms with Crippen LogP contribution in [0.15, 0.2) is 0 Å². The first-order valence-corrected chi connectivity index (χ1v) is 5.14. The van der Waals surface area contributed by atoms with E-state index in [1.54, 1.807) is 0 Å². The van der Waals surface area contributed by atoms with E-state index < -0.39 is 19.0 Å². The summed E-state index contributed by atoms with van der Waals surface area (Å²) in [5, 5.41) is 5.20. The third-order valence-corrected chi connectivity index (χ3v) is 2.45. The molecule has 0 spiro atoms. The van der Waals surface area contributed by atoms with Gasteiger partial charge in [0.1, 0.15) is 0 Å². The largest absolute Gasteiger partial charge is 0.349 e. The van der Waals surface area contributed by atoms with Crippen LogP contribution in [-0.2, 0) is 4.79 Å². The summed E-state index contributed by atoms with van der Waals surface area (Å²) >= 11 is 0. The van der Waals surface area contributed by atoms with E-state index in [0.29, 0.717) is 6.42 Å². The van der Waals surface area contributed by atoms with E-state index in [4.69, 9.17) is 5.73 Å². The molecule has 0 radical (unpaired) electrons. The first-order valence-electron chi connectivity index (χ1n) is 5.14. The zero-order chi connectivity index (χ0) is 11.3. The van der Waals surface area contributed by atoms with Crippen molar-refractivity contribution in [2.75, 3.05) is 19.6 Å². The highest BCUT2D eigenvalue weighted by atomic mass is 19.3. The number of amides is 1. The van der Waals surface area contributed by atoms with Gasteiger partial charge in [0.25, 0.3) is 5.92 Å². The molecule has 0 unspecified atom stereocenters. The van der Waals surface area contributed by atoms with E-state index >= 15 is 0 Å². The fraction of sp³-hybridized carbons (Fsp3) is 0.889. The van der Waals surface area contributed by atoms with Crippen LogP contribution in [0.25, 0.3) is 0 Å². The molecule has 0 aliphatic carbocycles. The van der Waals surface area contributed by atoms with Gasteiger partial charge in [-0.15, -0.1) is 0 Å². The first-order chi connectivity index (χ1) is 7.05. The molecule has 88 valence electrons. The van der Waals surface area contributed by atoms with Gasteiger partial charge in [-0.3, -0.25) is 4.79 Å². The van der Waals surface area contributed by atoms with Crippen LogP contribution in [0.1, 0.15) is 19.3 Å². The van der Waals surface area contributed by atoms with Crippen molar-refractivity contribution in [1.82, 2.24) is 10.6 Å². The molecule has 0 aromatic heterocycles. The maximum atomic E-state index is 12.7.